The largest absolute Gasteiger partial charge is 0.371 e. The lowest BCUT2D eigenvalue weighted by molar-refractivity contribution is 0.0668. The lowest BCUT2D eigenvalue weighted by Crippen LogP contribution is -2.36. The molecule has 14 heavy (non-hydrogen) atoms. The zero-order valence-corrected chi connectivity index (χ0v) is 8.99. The number of pyridine rings is 1. The van der Waals surface area contributed by atoms with Crippen LogP contribution in [0.25, 0.3) is 0 Å². The van der Waals surface area contributed by atoms with Crippen molar-refractivity contribution in [3.63, 3.8) is 0 Å². The van der Waals surface area contributed by atoms with Gasteiger partial charge in [-0.1, -0.05) is 19.9 Å². The molecule has 1 unspecified atom stereocenters. The zero-order valence-electron chi connectivity index (χ0n) is 8.99. The van der Waals surface area contributed by atoms with Crippen molar-refractivity contribution in [3.8, 4) is 0 Å². The first-order valence-electron chi connectivity index (χ1n) is 4.91. The van der Waals surface area contributed by atoms with Gasteiger partial charge in [0.15, 0.2) is 0 Å². The van der Waals surface area contributed by atoms with E-state index in [2.05, 4.69) is 24.1 Å². The zero-order chi connectivity index (χ0) is 10.6. The smallest absolute Gasteiger partial charge is 0.134 e. The first kappa shape index (κ1) is 11.0. The van der Waals surface area contributed by atoms with Crippen LogP contribution in [0.4, 0.5) is 5.82 Å². The Kier molecular flexibility index (Phi) is 3.47. The maximum atomic E-state index is 9.99. The van der Waals surface area contributed by atoms with Gasteiger partial charge < -0.3 is 10.4 Å². The summed E-state index contributed by atoms with van der Waals surface area (Å²) < 4.78 is 0. The van der Waals surface area contributed by atoms with Gasteiger partial charge in [-0.15, -0.1) is 0 Å². The van der Waals surface area contributed by atoms with Crippen molar-refractivity contribution >= 4 is 5.82 Å². The Labute approximate surface area is 85.2 Å². The van der Waals surface area contributed by atoms with Crippen LogP contribution in [0.15, 0.2) is 24.4 Å². The highest BCUT2D eigenvalue weighted by Gasteiger charge is 2.21. The summed E-state index contributed by atoms with van der Waals surface area (Å²) in [5, 5.41) is 13.0. The number of aliphatic hydroxyl groups is 1. The average molecular weight is 194 g/mol. The Morgan fingerprint density at radius 3 is 2.71 bits per heavy atom. The van der Waals surface area contributed by atoms with Gasteiger partial charge in [-0.05, 0) is 31.4 Å². The van der Waals surface area contributed by atoms with Crippen molar-refractivity contribution in [1.29, 1.82) is 0 Å². The molecule has 0 saturated carbocycles. The van der Waals surface area contributed by atoms with E-state index in [1.165, 1.54) is 0 Å². The topological polar surface area (TPSA) is 45.1 Å². The second kappa shape index (κ2) is 4.42. The maximum absolute atomic E-state index is 9.99. The fourth-order valence-electron chi connectivity index (χ4n) is 1.56. The Morgan fingerprint density at radius 1 is 1.50 bits per heavy atom. The van der Waals surface area contributed by atoms with Crippen LogP contribution in [0, 0.1) is 5.92 Å². The van der Waals surface area contributed by atoms with Gasteiger partial charge in [0.1, 0.15) is 11.5 Å². The monoisotopic (exact) mass is 194 g/mol. The minimum Gasteiger partial charge on any atom is -0.371 e. The van der Waals surface area contributed by atoms with Crippen LogP contribution in [0.5, 0.6) is 0 Å². The van der Waals surface area contributed by atoms with Crippen LogP contribution in [-0.2, 0) is 0 Å². The highest BCUT2D eigenvalue weighted by atomic mass is 16.3. The molecule has 0 saturated heterocycles. The molecule has 0 aliphatic rings. The van der Waals surface area contributed by atoms with Crippen molar-refractivity contribution < 1.29 is 5.11 Å². The SMILES string of the molecule is CC(C)CC(C)(O)Nc1ccccn1. The van der Waals surface area contributed by atoms with E-state index in [4.69, 9.17) is 0 Å². The molecule has 0 aliphatic carbocycles. The van der Waals surface area contributed by atoms with E-state index in [-0.39, 0.29) is 0 Å². The number of rotatable bonds is 4. The summed E-state index contributed by atoms with van der Waals surface area (Å²) in [6.07, 6.45) is 2.40. The van der Waals surface area contributed by atoms with Crippen molar-refractivity contribution in [1.82, 2.24) is 4.98 Å². The lowest BCUT2D eigenvalue weighted by Gasteiger charge is -2.27. The highest BCUT2D eigenvalue weighted by Crippen LogP contribution is 2.18. The molecule has 1 atom stereocenters. The van der Waals surface area contributed by atoms with E-state index in [1.54, 1.807) is 13.1 Å². The fourth-order valence-corrected chi connectivity index (χ4v) is 1.56. The van der Waals surface area contributed by atoms with Crippen LogP contribution in [0.3, 0.4) is 0 Å². The standard InChI is InChI=1S/C11H18N2O/c1-9(2)8-11(3,14)13-10-6-4-5-7-12-10/h4-7,9,14H,8H2,1-3H3,(H,12,13). The molecular formula is C11H18N2O. The van der Waals surface area contributed by atoms with E-state index < -0.39 is 5.72 Å². The van der Waals surface area contributed by atoms with Crippen LogP contribution >= 0.6 is 0 Å². The Bertz CT molecular complexity index is 270. The van der Waals surface area contributed by atoms with Gasteiger partial charge >= 0.3 is 0 Å². The molecule has 1 aromatic heterocycles. The fraction of sp³-hybridized carbons (Fsp3) is 0.545. The van der Waals surface area contributed by atoms with Gasteiger partial charge in [-0.3, -0.25) is 0 Å². The molecule has 0 spiro atoms. The predicted molar refractivity (Wildman–Crippen MR) is 57.9 cm³/mol. The van der Waals surface area contributed by atoms with Crippen molar-refractivity contribution in [3.05, 3.63) is 24.4 Å². The summed E-state index contributed by atoms with van der Waals surface area (Å²) in [5.74, 6) is 1.15. The van der Waals surface area contributed by atoms with Gasteiger partial charge in [0, 0.05) is 6.20 Å². The summed E-state index contributed by atoms with van der Waals surface area (Å²) in [5.41, 5.74) is -0.886. The molecule has 2 N–H and O–H groups in total. The Morgan fingerprint density at radius 2 is 2.21 bits per heavy atom. The van der Waals surface area contributed by atoms with Gasteiger partial charge in [-0.2, -0.15) is 0 Å². The van der Waals surface area contributed by atoms with Crippen LogP contribution in [-0.4, -0.2) is 15.8 Å². The van der Waals surface area contributed by atoms with E-state index >= 15 is 0 Å². The number of nitrogens with zero attached hydrogens (tertiary/aromatic N) is 1. The van der Waals surface area contributed by atoms with E-state index in [0.29, 0.717) is 18.2 Å². The number of hydrogen-bond acceptors (Lipinski definition) is 3. The molecule has 0 fully saturated rings. The number of aromatic nitrogens is 1. The third-order valence-electron chi connectivity index (χ3n) is 1.87. The molecule has 78 valence electrons. The summed E-state index contributed by atoms with van der Waals surface area (Å²) in [4.78, 5) is 4.10. The molecule has 0 radical (unpaired) electrons. The Hall–Kier alpha value is -1.09. The first-order valence-corrected chi connectivity index (χ1v) is 4.91. The van der Waals surface area contributed by atoms with Crippen molar-refractivity contribution in [2.24, 2.45) is 5.92 Å². The summed E-state index contributed by atoms with van der Waals surface area (Å²) in [7, 11) is 0. The summed E-state index contributed by atoms with van der Waals surface area (Å²) >= 11 is 0. The molecule has 0 aliphatic heterocycles. The van der Waals surface area contributed by atoms with Crippen LogP contribution in [0.1, 0.15) is 27.2 Å². The number of nitrogens with one attached hydrogen (secondary N) is 1. The third-order valence-corrected chi connectivity index (χ3v) is 1.87. The van der Waals surface area contributed by atoms with Gasteiger partial charge in [0.25, 0.3) is 0 Å². The summed E-state index contributed by atoms with van der Waals surface area (Å²) in [6.45, 7) is 5.92. The van der Waals surface area contributed by atoms with E-state index in [9.17, 15) is 5.11 Å². The first-order chi connectivity index (χ1) is 6.49. The quantitative estimate of drug-likeness (QED) is 0.722. The molecule has 0 amide bonds. The van der Waals surface area contributed by atoms with Crippen LogP contribution in [0.2, 0.25) is 0 Å². The van der Waals surface area contributed by atoms with Gasteiger partial charge in [-0.25, -0.2) is 4.98 Å². The lowest BCUT2D eigenvalue weighted by atomic mass is 10.0. The van der Waals surface area contributed by atoms with Crippen molar-refractivity contribution in [2.45, 2.75) is 32.9 Å². The molecule has 1 aromatic rings. The third kappa shape index (κ3) is 3.75. The van der Waals surface area contributed by atoms with Crippen LogP contribution < -0.4 is 5.32 Å². The molecular weight excluding hydrogens is 176 g/mol. The van der Waals surface area contributed by atoms with E-state index in [1.807, 2.05) is 18.2 Å². The van der Waals surface area contributed by atoms with E-state index in [0.717, 1.165) is 0 Å². The number of hydrogen-bond donors (Lipinski definition) is 2. The normalized spacial score (nSPS) is 15.2. The average Bonchev–Trinajstić information content (AvgIpc) is 2.02. The molecule has 3 nitrogen and oxygen atoms in total. The maximum Gasteiger partial charge on any atom is 0.134 e. The second-order valence-electron chi connectivity index (χ2n) is 4.21. The van der Waals surface area contributed by atoms with Gasteiger partial charge in [0.2, 0.25) is 0 Å². The molecule has 1 heterocycles. The minimum absolute atomic E-state index is 0.446. The van der Waals surface area contributed by atoms with Crippen molar-refractivity contribution in [2.75, 3.05) is 5.32 Å². The minimum atomic E-state index is -0.886. The van der Waals surface area contributed by atoms with Gasteiger partial charge in [0.05, 0.1) is 0 Å². The number of anilines is 1. The molecule has 0 aromatic carbocycles. The second-order valence-corrected chi connectivity index (χ2v) is 4.21. The highest BCUT2D eigenvalue weighted by molar-refractivity contribution is 5.35. The predicted octanol–water partition coefficient (Wildman–Crippen LogP) is 2.25. The summed E-state index contributed by atoms with van der Waals surface area (Å²) in [6, 6.07) is 5.58. The molecule has 3 heteroatoms. The Balaban J connectivity index is 2.59. The molecule has 1 rings (SSSR count). The molecule has 0 bridgehead atoms.